The predicted octanol–water partition coefficient (Wildman–Crippen LogP) is 4.07. The van der Waals surface area contributed by atoms with Gasteiger partial charge in [-0.15, -0.1) is 0 Å². The summed E-state index contributed by atoms with van der Waals surface area (Å²) in [5.41, 5.74) is 10.3. The van der Waals surface area contributed by atoms with E-state index in [1.165, 1.54) is 16.8 Å². The number of nitrogen functional groups attached to an aromatic ring is 1. The topological polar surface area (TPSA) is 38.0 Å². The highest BCUT2D eigenvalue weighted by molar-refractivity contribution is 5.46. The van der Waals surface area contributed by atoms with Gasteiger partial charge in [-0.05, 0) is 55.2 Å². The van der Waals surface area contributed by atoms with Crippen LogP contribution in [0.25, 0.3) is 0 Å². The summed E-state index contributed by atoms with van der Waals surface area (Å²) in [6.07, 6.45) is 2.08. The Bertz CT molecular complexity index is 500. The SMILES string of the molecule is CCC(C)Nc1ccc(Cc2ccc(N)cc2)cc1. The van der Waals surface area contributed by atoms with Crippen LogP contribution in [0.3, 0.4) is 0 Å². The largest absolute Gasteiger partial charge is 0.399 e. The first-order valence-corrected chi connectivity index (χ1v) is 6.87. The molecule has 0 bridgehead atoms. The fraction of sp³-hybridized carbons (Fsp3) is 0.294. The molecule has 2 rings (SSSR count). The fourth-order valence-electron chi connectivity index (χ4n) is 1.98. The average molecular weight is 254 g/mol. The van der Waals surface area contributed by atoms with Crippen LogP contribution in [0, 0.1) is 0 Å². The first kappa shape index (κ1) is 13.5. The lowest BCUT2D eigenvalue weighted by Crippen LogP contribution is -2.13. The van der Waals surface area contributed by atoms with Crippen LogP contribution in [0.15, 0.2) is 48.5 Å². The van der Waals surface area contributed by atoms with Crippen LogP contribution < -0.4 is 11.1 Å². The zero-order valence-corrected chi connectivity index (χ0v) is 11.7. The molecule has 0 aliphatic rings. The summed E-state index contributed by atoms with van der Waals surface area (Å²) >= 11 is 0. The van der Waals surface area contributed by atoms with Crippen molar-refractivity contribution in [1.82, 2.24) is 0 Å². The van der Waals surface area contributed by atoms with Crippen molar-refractivity contribution in [1.29, 1.82) is 0 Å². The van der Waals surface area contributed by atoms with Crippen molar-refractivity contribution in [2.45, 2.75) is 32.7 Å². The molecular weight excluding hydrogens is 232 g/mol. The van der Waals surface area contributed by atoms with E-state index < -0.39 is 0 Å². The van der Waals surface area contributed by atoms with Crippen LogP contribution in [-0.2, 0) is 6.42 Å². The highest BCUT2D eigenvalue weighted by Crippen LogP contribution is 2.15. The Hall–Kier alpha value is -1.96. The molecule has 1 unspecified atom stereocenters. The molecule has 0 aromatic heterocycles. The first-order valence-electron chi connectivity index (χ1n) is 6.87. The molecule has 2 aromatic carbocycles. The Morgan fingerprint density at radius 3 is 2.00 bits per heavy atom. The number of nitrogens with two attached hydrogens (primary N) is 1. The van der Waals surface area contributed by atoms with Gasteiger partial charge in [-0.2, -0.15) is 0 Å². The molecule has 100 valence electrons. The van der Waals surface area contributed by atoms with Crippen molar-refractivity contribution in [3.05, 3.63) is 59.7 Å². The summed E-state index contributed by atoms with van der Waals surface area (Å²) in [5, 5.41) is 3.47. The lowest BCUT2D eigenvalue weighted by molar-refractivity contribution is 0.764. The van der Waals surface area contributed by atoms with E-state index in [0.29, 0.717) is 6.04 Å². The van der Waals surface area contributed by atoms with Gasteiger partial charge in [0, 0.05) is 17.4 Å². The molecule has 2 heteroatoms. The second kappa shape index (κ2) is 6.28. The molecule has 0 radical (unpaired) electrons. The van der Waals surface area contributed by atoms with Crippen molar-refractivity contribution >= 4 is 11.4 Å². The lowest BCUT2D eigenvalue weighted by atomic mass is 10.0. The third kappa shape index (κ3) is 4.02. The molecule has 0 aliphatic carbocycles. The van der Waals surface area contributed by atoms with Gasteiger partial charge in [-0.1, -0.05) is 31.2 Å². The molecular formula is C17H22N2. The summed E-state index contributed by atoms with van der Waals surface area (Å²) in [6.45, 7) is 4.38. The van der Waals surface area contributed by atoms with Crippen molar-refractivity contribution in [2.24, 2.45) is 0 Å². The smallest absolute Gasteiger partial charge is 0.0342 e. The van der Waals surface area contributed by atoms with E-state index in [2.05, 4.69) is 55.6 Å². The number of anilines is 2. The van der Waals surface area contributed by atoms with Crippen molar-refractivity contribution in [3.63, 3.8) is 0 Å². The van der Waals surface area contributed by atoms with Gasteiger partial charge in [-0.25, -0.2) is 0 Å². The minimum atomic E-state index is 0.517. The second-order valence-electron chi connectivity index (χ2n) is 5.07. The van der Waals surface area contributed by atoms with Crippen LogP contribution >= 0.6 is 0 Å². The van der Waals surface area contributed by atoms with E-state index >= 15 is 0 Å². The Morgan fingerprint density at radius 1 is 0.947 bits per heavy atom. The number of benzene rings is 2. The number of hydrogen-bond acceptors (Lipinski definition) is 2. The maximum Gasteiger partial charge on any atom is 0.0342 e. The van der Waals surface area contributed by atoms with Crippen LogP contribution in [0.5, 0.6) is 0 Å². The maximum absolute atomic E-state index is 5.69. The Labute approximate surface area is 115 Å². The van der Waals surface area contributed by atoms with E-state index in [1.54, 1.807) is 0 Å². The standard InChI is InChI=1S/C17H22N2/c1-3-13(2)19-17-10-6-15(7-11-17)12-14-4-8-16(18)9-5-14/h4-11,13,19H,3,12,18H2,1-2H3. The number of nitrogens with one attached hydrogen (secondary N) is 1. The van der Waals surface area contributed by atoms with E-state index in [4.69, 9.17) is 5.73 Å². The van der Waals surface area contributed by atoms with E-state index in [9.17, 15) is 0 Å². The molecule has 0 amide bonds. The molecule has 1 atom stereocenters. The molecule has 2 nitrogen and oxygen atoms in total. The summed E-state index contributed by atoms with van der Waals surface area (Å²) in [6, 6.07) is 17.3. The van der Waals surface area contributed by atoms with Gasteiger partial charge in [0.1, 0.15) is 0 Å². The van der Waals surface area contributed by atoms with E-state index in [-0.39, 0.29) is 0 Å². The van der Waals surface area contributed by atoms with Gasteiger partial charge < -0.3 is 11.1 Å². The van der Waals surface area contributed by atoms with Crippen LogP contribution in [0.2, 0.25) is 0 Å². The second-order valence-corrected chi connectivity index (χ2v) is 5.07. The summed E-state index contributed by atoms with van der Waals surface area (Å²) < 4.78 is 0. The summed E-state index contributed by atoms with van der Waals surface area (Å²) in [7, 11) is 0. The van der Waals surface area contributed by atoms with Crippen LogP contribution in [0.1, 0.15) is 31.4 Å². The number of rotatable bonds is 5. The zero-order valence-electron chi connectivity index (χ0n) is 11.7. The van der Waals surface area contributed by atoms with E-state index in [1.807, 2.05) is 12.1 Å². The minimum absolute atomic E-state index is 0.517. The van der Waals surface area contributed by atoms with Crippen LogP contribution in [0.4, 0.5) is 11.4 Å². The van der Waals surface area contributed by atoms with Gasteiger partial charge in [0.2, 0.25) is 0 Å². The minimum Gasteiger partial charge on any atom is -0.399 e. The quantitative estimate of drug-likeness (QED) is 0.789. The normalized spacial score (nSPS) is 12.1. The molecule has 0 aliphatic heterocycles. The predicted molar refractivity (Wildman–Crippen MR) is 83.5 cm³/mol. The Balaban J connectivity index is 2.00. The van der Waals surface area contributed by atoms with Gasteiger partial charge >= 0.3 is 0 Å². The van der Waals surface area contributed by atoms with E-state index in [0.717, 1.165) is 18.5 Å². The van der Waals surface area contributed by atoms with Gasteiger partial charge in [0.05, 0.1) is 0 Å². The molecule has 0 saturated carbocycles. The van der Waals surface area contributed by atoms with Crippen LogP contribution in [-0.4, -0.2) is 6.04 Å². The Morgan fingerprint density at radius 2 is 1.47 bits per heavy atom. The molecule has 0 spiro atoms. The first-order chi connectivity index (χ1) is 9.17. The highest BCUT2D eigenvalue weighted by Gasteiger charge is 2.00. The van der Waals surface area contributed by atoms with Crippen molar-refractivity contribution in [3.8, 4) is 0 Å². The van der Waals surface area contributed by atoms with Gasteiger partial charge in [-0.3, -0.25) is 0 Å². The third-order valence-electron chi connectivity index (χ3n) is 3.37. The molecule has 3 N–H and O–H groups in total. The molecule has 19 heavy (non-hydrogen) atoms. The molecule has 0 fully saturated rings. The lowest BCUT2D eigenvalue weighted by Gasteiger charge is -2.13. The summed E-state index contributed by atoms with van der Waals surface area (Å²) in [4.78, 5) is 0. The third-order valence-corrected chi connectivity index (χ3v) is 3.37. The fourth-order valence-corrected chi connectivity index (χ4v) is 1.98. The zero-order chi connectivity index (χ0) is 13.7. The molecule has 2 aromatic rings. The maximum atomic E-state index is 5.69. The van der Waals surface area contributed by atoms with Gasteiger partial charge in [0.15, 0.2) is 0 Å². The van der Waals surface area contributed by atoms with Gasteiger partial charge in [0.25, 0.3) is 0 Å². The Kier molecular flexibility index (Phi) is 4.45. The monoisotopic (exact) mass is 254 g/mol. The van der Waals surface area contributed by atoms with Crippen molar-refractivity contribution in [2.75, 3.05) is 11.1 Å². The summed E-state index contributed by atoms with van der Waals surface area (Å²) in [5.74, 6) is 0. The average Bonchev–Trinajstić information content (AvgIpc) is 2.43. The molecule has 0 saturated heterocycles. The highest BCUT2D eigenvalue weighted by atomic mass is 14.9. The molecule has 0 heterocycles. The number of hydrogen-bond donors (Lipinski definition) is 2. The van der Waals surface area contributed by atoms with Crippen molar-refractivity contribution < 1.29 is 0 Å².